The van der Waals surface area contributed by atoms with Crippen LogP contribution in [0.4, 0.5) is 10.1 Å². The fourth-order valence-electron chi connectivity index (χ4n) is 6.32. The van der Waals surface area contributed by atoms with E-state index < -0.39 is 41.0 Å². The number of halogens is 2. The van der Waals surface area contributed by atoms with E-state index in [1.807, 2.05) is 24.3 Å². The molecule has 43 heavy (non-hydrogen) atoms. The number of carbonyl (C=O) groups excluding carboxylic acids is 2. The number of aromatic nitrogens is 3. The van der Waals surface area contributed by atoms with Gasteiger partial charge in [0, 0.05) is 37.2 Å². The van der Waals surface area contributed by atoms with Gasteiger partial charge in [0.15, 0.2) is 0 Å². The summed E-state index contributed by atoms with van der Waals surface area (Å²) in [5.41, 5.74) is 2.34. The summed E-state index contributed by atoms with van der Waals surface area (Å²) in [6, 6.07) is 12.7. The molecule has 0 bridgehead atoms. The lowest BCUT2D eigenvalue weighted by atomic mass is 9.78. The van der Waals surface area contributed by atoms with Crippen molar-refractivity contribution in [1.82, 2.24) is 14.1 Å². The summed E-state index contributed by atoms with van der Waals surface area (Å²) >= 11 is 6.19. The highest BCUT2D eigenvalue weighted by Crippen LogP contribution is 2.46. The highest BCUT2D eigenvalue weighted by atomic mass is 35.5. The number of nitrogens with one attached hydrogen (secondary N) is 1. The Labute approximate surface area is 250 Å². The van der Waals surface area contributed by atoms with Crippen molar-refractivity contribution in [2.24, 2.45) is 0 Å². The molecule has 11 heteroatoms. The Bertz CT molecular complexity index is 1920. The number of ether oxygens (including phenoxy) is 1. The third-order valence-electron chi connectivity index (χ3n) is 8.33. The third-order valence-corrected chi connectivity index (χ3v) is 8.72. The van der Waals surface area contributed by atoms with Crippen LogP contribution in [0, 0.1) is 5.82 Å². The van der Waals surface area contributed by atoms with Crippen LogP contribution in [0.1, 0.15) is 35.3 Å². The van der Waals surface area contributed by atoms with E-state index in [0.717, 1.165) is 37.6 Å². The minimum atomic E-state index is -0.719. The number of amides is 1. The fraction of sp³-hybridized carbons (Fsp3) is 0.281. The number of methoxy groups -OCH3 is 1. The van der Waals surface area contributed by atoms with Crippen molar-refractivity contribution in [3.63, 3.8) is 0 Å². The number of hydrogen-bond donors (Lipinski definition) is 1. The molecule has 2 atom stereocenters. The second kappa shape index (κ2) is 11.0. The third kappa shape index (κ3) is 4.90. The number of ketones is 1. The topological polar surface area (TPSA) is 112 Å². The molecule has 0 radical (unpaired) electrons. The van der Waals surface area contributed by atoms with Crippen LogP contribution in [0.25, 0.3) is 11.1 Å². The molecule has 1 amide bonds. The van der Waals surface area contributed by atoms with E-state index in [9.17, 15) is 23.6 Å². The molecule has 1 spiro atoms. The van der Waals surface area contributed by atoms with Gasteiger partial charge in [-0.3, -0.25) is 28.5 Å². The molecule has 0 aliphatic heterocycles. The normalized spacial score (nSPS) is 17.6. The number of carbonyl (C=O) groups is 2. The molecule has 0 unspecified atom stereocenters. The molecule has 2 aliphatic carbocycles. The molecule has 2 heterocycles. The summed E-state index contributed by atoms with van der Waals surface area (Å²) in [6.07, 6.45) is 4.34. The fourth-order valence-corrected chi connectivity index (χ4v) is 6.55. The zero-order valence-corrected chi connectivity index (χ0v) is 24.3. The SMILES string of the molecule is COC[C@H](C)n1c(=O)c(-c2cccc(F)c2Cl)cn(CC(=O)Nc2ccc3c(c2)C[C@@]2(C3)C(=O)Cc3ncccc32)c1=O. The van der Waals surface area contributed by atoms with Crippen molar-refractivity contribution in [2.75, 3.05) is 19.0 Å². The number of hydrogen-bond acceptors (Lipinski definition) is 6. The Morgan fingerprint density at radius 3 is 2.70 bits per heavy atom. The highest BCUT2D eigenvalue weighted by molar-refractivity contribution is 6.33. The number of Topliss-reactive ketones (excluding diaryl/α,β-unsaturated/α-hetero) is 1. The van der Waals surface area contributed by atoms with E-state index in [2.05, 4.69) is 10.3 Å². The predicted octanol–water partition coefficient (Wildman–Crippen LogP) is 3.87. The Morgan fingerprint density at radius 1 is 1.12 bits per heavy atom. The van der Waals surface area contributed by atoms with Crippen LogP contribution in [0.2, 0.25) is 5.02 Å². The number of pyridine rings is 1. The van der Waals surface area contributed by atoms with Crippen molar-refractivity contribution >= 4 is 29.0 Å². The quantitative estimate of drug-likeness (QED) is 0.344. The first-order chi connectivity index (χ1) is 20.6. The van der Waals surface area contributed by atoms with E-state index in [-0.39, 0.29) is 28.5 Å². The molecule has 220 valence electrons. The van der Waals surface area contributed by atoms with Gasteiger partial charge in [0.25, 0.3) is 5.56 Å². The van der Waals surface area contributed by atoms with Gasteiger partial charge in [-0.15, -0.1) is 0 Å². The summed E-state index contributed by atoms with van der Waals surface area (Å²) in [4.78, 5) is 57.6. The Hall–Kier alpha value is -4.41. The van der Waals surface area contributed by atoms with Gasteiger partial charge in [-0.25, -0.2) is 9.18 Å². The number of anilines is 1. The Kier molecular flexibility index (Phi) is 7.35. The largest absolute Gasteiger partial charge is 0.383 e. The van der Waals surface area contributed by atoms with Gasteiger partial charge in [-0.2, -0.15) is 0 Å². The first-order valence-electron chi connectivity index (χ1n) is 13.8. The second-order valence-electron chi connectivity index (χ2n) is 11.1. The van der Waals surface area contributed by atoms with Crippen LogP contribution in [0.3, 0.4) is 0 Å². The number of fused-ring (bicyclic) bond motifs is 3. The summed E-state index contributed by atoms with van der Waals surface area (Å²) in [7, 11) is 1.44. The van der Waals surface area contributed by atoms with Crippen LogP contribution in [0.5, 0.6) is 0 Å². The molecular weight excluding hydrogens is 575 g/mol. The minimum Gasteiger partial charge on any atom is -0.383 e. The maximum absolute atomic E-state index is 14.3. The molecule has 0 saturated carbocycles. The lowest BCUT2D eigenvalue weighted by molar-refractivity contribution is -0.122. The van der Waals surface area contributed by atoms with Crippen molar-refractivity contribution in [3.05, 3.63) is 115 Å². The van der Waals surface area contributed by atoms with Crippen molar-refractivity contribution < 1.29 is 18.7 Å². The first kappa shape index (κ1) is 28.7. The highest BCUT2D eigenvalue weighted by Gasteiger charge is 2.50. The molecule has 0 saturated heterocycles. The van der Waals surface area contributed by atoms with Gasteiger partial charge in [0.1, 0.15) is 18.1 Å². The van der Waals surface area contributed by atoms with Crippen molar-refractivity contribution in [3.8, 4) is 11.1 Å². The molecular formula is C32H28ClFN4O5. The van der Waals surface area contributed by atoms with Gasteiger partial charge >= 0.3 is 5.69 Å². The number of benzene rings is 2. The van der Waals surface area contributed by atoms with Crippen LogP contribution in [0.15, 0.2) is 70.5 Å². The second-order valence-corrected chi connectivity index (χ2v) is 11.5. The number of nitrogens with zero attached hydrogens (tertiary/aromatic N) is 3. The van der Waals surface area contributed by atoms with Gasteiger partial charge in [-0.1, -0.05) is 35.9 Å². The monoisotopic (exact) mass is 602 g/mol. The van der Waals surface area contributed by atoms with Crippen LogP contribution in [-0.4, -0.2) is 39.5 Å². The van der Waals surface area contributed by atoms with E-state index in [1.54, 1.807) is 19.2 Å². The van der Waals surface area contributed by atoms with Crippen LogP contribution in [-0.2, 0) is 45.5 Å². The summed E-state index contributed by atoms with van der Waals surface area (Å²) in [5.74, 6) is -1.08. The minimum absolute atomic E-state index is 0.0290. The molecule has 4 aromatic rings. The Morgan fingerprint density at radius 2 is 1.91 bits per heavy atom. The maximum Gasteiger partial charge on any atom is 0.331 e. The van der Waals surface area contributed by atoms with E-state index in [1.165, 1.54) is 25.4 Å². The first-order valence-corrected chi connectivity index (χ1v) is 14.2. The van der Waals surface area contributed by atoms with Gasteiger partial charge in [0.2, 0.25) is 5.91 Å². The average molecular weight is 603 g/mol. The zero-order chi connectivity index (χ0) is 30.5. The molecule has 9 nitrogen and oxygen atoms in total. The summed E-state index contributed by atoms with van der Waals surface area (Å²) in [6.45, 7) is 1.27. The zero-order valence-electron chi connectivity index (χ0n) is 23.5. The van der Waals surface area contributed by atoms with E-state index in [4.69, 9.17) is 16.3 Å². The molecule has 0 fully saturated rings. The van der Waals surface area contributed by atoms with Crippen molar-refractivity contribution in [2.45, 2.75) is 44.2 Å². The Balaban J connectivity index is 1.29. The lowest BCUT2D eigenvalue weighted by Gasteiger charge is -2.22. The molecule has 2 aromatic carbocycles. The maximum atomic E-state index is 14.3. The van der Waals surface area contributed by atoms with E-state index in [0.29, 0.717) is 24.9 Å². The standard InChI is InChI=1S/C32H28ClFN4O5/c1-18(17-43-2)38-30(41)23(22-5-3-7-25(34)29(22)33)15-37(31(38)42)16-28(40)36-21-9-8-19-13-32(14-20(19)11-21)24-6-4-10-35-26(24)12-27(32)39/h3-11,15,18H,12-14,16-17H2,1-2H3,(H,36,40)/t18-,32+/m0/s1. The average Bonchev–Trinajstić information content (AvgIpc) is 3.49. The molecule has 1 N–H and O–H groups in total. The van der Waals surface area contributed by atoms with Gasteiger partial charge in [0.05, 0.1) is 34.3 Å². The summed E-state index contributed by atoms with van der Waals surface area (Å²) < 4.78 is 21.5. The molecule has 6 rings (SSSR count). The predicted molar refractivity (Wildman–Crippen MR) is 159 cm³/mol. The van der Waals surface area contributed by atoms with E-state index >= 15 is 0 Å². The smallest absolute Gasteiger partial charge is 0.331 e. The summed E-state index contributed by atoms with van der Waals surface area (Å²) in [5, 5.41) is 2.56. The van der Waals surface area contributed by atoms with Gasteiger partial charge < -0.3 is 10.1 Å². The number of rotatable bonds is 7. The van der Waals surface area contributed by atoms with Crippen molar-refractivity contribution in [1.29, 1.82) is 0 Å². The lowest BCUT2D eigenvalue weighted by Crippen LogP contribution is -2.44. The molecule has 2 aliphatic rings. The van der Waals surface area contributed by atoms with Crippen LogP contribution >= 0.6 is 11.6 Å². The van der Waals surface area contributed by atoms with Crippen LogP contribution < -0.4 is 16.6 Å². The van der Waals surface area contributed by atoms with Gasteiger partial charge in [-0.05, 0) is 60.7 Å². The molecule has 2 aromatic heterocycles.